The first kappa shape index (κ1) is 24.5. The SMILES string of the molecule is COc1ccc(CN2C(=O)NC(=O)C2=O)cc1C(=O)NCc1ccc(OCCc2ccccc2)cc1. The molecule has 0 unspecified atom stereocenters. The summed E-state index contributed by atoms with van der Waals surface area (Å²) in [5.74, 6) is -1.21. The first-order chi connectivity index (χ1) is 17.4. The molecule has 1 fully saturated rings. The molecule has 1 saturated heterocycles. The molecule has 0 aromatic heterocycles. The number of imide groups is 2. The lowest BCUT2D eigenvalue weighted by Crippen LogP contribution is -2.30. The van der Waals surface area contributed by atoms with Crippen LogP contribution < -0.4 is 20.1 Å². The Morgan fingerprint density at radius 2 is 1.64 bits per heavy atom. The van der Waals surface area contributed by atoms with Gasteiger partial charge in [0.2, 0.25) is 0 Å². The van der Waals surface area contributed by atoms with Gasteiger partial charge in [0.1, 0.15) is 11.5 Å². The molecule has 1 aliphatic heterocycles. The fourth-order valence-electron chi connectivity index (χ4n) is 3.70. The van der Waals surface area contributed by atoms with Crippen molar-refractivity contribution in [2.75, 3.05) is 13.7 Å². The van der Waals surface area contributed by atoms with Gasteiger partial charge in [0.25, 0.3) is 5.91 Å². The Bertz CT molecular complexity index is 1270. The van der Waals surface area contributed by atoms with Gasteiger partial charge < -0.3 is 14.8 Å². The van der Waals surface area contributed by atoms with Crippen LogP contribution in [0.3, 0.4) is 0 Å². The molecule has 36 heavy (non-hydrogen) atoms. The van der Waals surface area contributed by atoms with Crippen LogP contribution in [0.4, 0.5) is 4.79 Å². The minimum absolute atomic E-state index is 0.146. The minimum Gasteiger partial charge on any atom is -0.496 e. The Balaban J connectivity index is 1.33. The number of rotatable bonds is 10. The third-order valence-corrected chi connectivity index (χ3v) is 5.63. The summed E-state index contributed by atoms with van der Waals surface area (Å²) in [5.41, 5.74) is 2.83. The highest BCUT2D eigenvalue weighted by atomic mass is 16.5. The van der Waals surface area contributed by atoms with Gasteiger partial charge in [-0.15, -0.1) is 0 Å². The van der Waals surface area contributed by atoms with Crippen LogP contribution in [0, 0.1) is 0 Å². The Hall–Kier alpha value is -4.66. The zero-order valence-electron chi connectivity index (χ0n) is 19.7. The van der Waals surface area contributed by atoms with Gasteiger partial charge >= 0.3 is 17.8 Å². The maximum absolute atomic E-state index is 12.9. The van der Waals surface area contributed by atoms with Gasteiger partial charge in [-0.1, -0.05) is 48.5 Å². The van der Waals surface area contributed by atoms with E-state index in [9.17, 15) is 19.2 Å². The molecule has 0 spiro atoms. The third kappa shape index (κ3) is 5.87. The number of nitrogens with zero attached hydrogens (tertiary/aromatic N) is 1. The van der Waals surface area contributed by atoms with E-state index in [0.29, 0.717) is 17.9 Å². The number of hydrogen-bond acceptors (Lipinski definition) is 6. The second kappa shape index (κ2) is 11.2. The van der Waals surface area contributed by atoms with Gasteiger partial charge in [0.15, 0.2) is 0 Å². The van der Waals surface area contributed by atoms with Gasteiger partial charge in [0, 0.05) is 13.0 Å². The van der Waals surface area contributed by atoms with Crippen molar-refractivity contribution in [3.63, 3.8) is 0 Å². The molecule has 2 N–H and O–H groups in total. The van der Waals surface area contributed by atoms with E-state index in [1.807, 2.05) is 47.8 Å². The van der Waals surface area contributed by atoms with Crippen molar-refractivity contribution in [2.24, 2.45) is 0 Å². The van der Waals surface area contributed by atoms with E-state index in [4.69, 9.17) is 9.47 Å². The van der Waals surface area contributed by atoms with Crippen LogP contribution in [-0.2, 0) is 29.1 Å². The second-order valence-electron chi connectivity index (χ2n) is 8.10. The molecule has 5 amide bonds. The van der Waals surface area contributed by atoms with Gasteiger partial charge in [-0.2, -0.15) is 0 Å². The summed E-state index contributed by atoms with van der Waals surface area (Å²) < 4.78 is 11.1. The summed E-state index contributed by atoms with van der Waals surface area (Å²) in [6, 6.07) is 21.5. The molecule has 1 heterocycles. The van der Waals surface area contributed by atoms with Crippen LogP contribution in [0.25, 0.3) is 0 Å². The second-order valence-corrected chi connectivity index (χ2v) is 8.10. The molecule has 1 aliphatic rings. The average Bonchev–Trinajstić information content (AvgIpc) is 3.14. The summed E-state index contributed by atoms with van der Waals surface area (Å²) in [4.78, 5) is 48.7. The lowest BCUT2D eigenvalue weighted by molar-refractivity contribution is -0.140. The van der Waals surface area contributed by atoms with E-state index >= 15 is 0 Å². The number of nitrogens with one attached hydrogen (secondary N) is 2. The molecule has 0 radical (unpaired) electrons. The molecule has 3 aromatic carbocycles. The Kier molecular flexibility index (Phi) is 7.60. The maximum Gasteiger partial charge on any atom is 0.331 e. The van der Waals surface area contributed by atoms with E-state index in [1.165, 1.54) is 18.7 Å². The number of carbonyl (C=O) groups excluding carboxylic acids is 4. The fraction of sp³-hybridized carbons (Fsp3) is 0.185. The summed E-state index contributed by atoms with van der Waals surface area (Å²) in [5, 5.41) is 4.79. The van der Waals surface area contributed by atoms with Crippen LogP contribution in [0.5, 0.6) is 11.5 Å². The van der Waals surface area contributed by atoms with Crippen molar-refractivity contribution in [1.82, 2.24) is 15.5 Å². The lowest BCUT2D eigenvalue weighted by Gasteiger charge is -2.14. The first-order valence-electron chi connectivity index (χ1n) is 11.3. The van der Waals surface area contributed by atoms with Crippen molar-refractivity contribution in [2.45, 2.75) is 19.5 Å². The predicted molar refractivity (Wildman–Crippen MR) is 130 cm³/mol. The number of carbonyl (C=O) groups is 4. The third-order valence-electron chi connectivity index (χ3n) is 5.63. The van der Waals surface area contributed by atoms with Crippen molar-refractivity contribution < 1.29 is 28.7 Å². The molecule has 9 heteroatoms. The molecule has 4 rings (SSSR count). The van der Waals surface area contributed by atoms with Crippen molar-refractivity contribution in [1.29, 1.82) is 0 Å². The van der Waals surface area contributed by atoms with Gasteiger partial charge in [-0.05, 0) is 41.0 Å². The summed E-state index contributed by atoms with van der Waals surface area (Å²) in [7, 11) is 1.44. The molecule has 0 atom stereocenters. The highest BCUT2D eigenvalue weighted by Crippen LogP contribution is 2.22. The monoisotopic (exact) mass is 487 g/mol. The van der Waals surface area contributed by atoms with Crippen LogP contribution >= 0.6 is 0 Å². The highest BCUT2D eigenvalue weighted by Gasteiger charge is 2.36. The van der Waals surface area contributed by atoms with E-state index in [1.54, 1.807) is 12.1 Å². The molecule has 3 aromatic rings. The van der Waals surface area contributed by atoms with Crippen LogP contribution in [0.15, 0.2) is 72.8 Å². The molecule has 0 aliphatic carbocycles. The quantitative estimate of drug-likeness (QED) is 0.336. The van der Waals surface area contributed by atoms with E-state index in [2.05, 4.69) is 17.4 Å². The Morgan fingerprint density at radius 3 is 2.31 bits per heavy atom. The predicted octanol–water partition coefficient (Wildman–Crippen LogP) is 2.83. The number of urea groups is 1. The molecular weight excluding hydrogens is 462 g/mol. The number of ether oxygens (including phenoxy) is 2. The van der Waals surface area contributed by atoms with Crippen molar-refractivity contribution >= 4 is 23.8 Å². The lowest BCUT2D eigenvalue weighted by atomic mass is 10.1. The number of hydrogen-bond donors (Lipinski definition) is 2. The summed E-state index contributed by atoms with van der Waals surface area (Å²) in [6.45, 7) is 0.694. The van der Waals surface area contributed by atoms with Gasteiger partial charge in [0.05, 0.1) is 25.8 Å². The summed E-state index contributed by atoms with van der Waals surface area (Å²) in [6.07, 6.45) is 0.812. The standard InChI is InChI=1S/C27H25N3O6/c1-35-23-12-9-20(17-30-26(33)25(32)29-27(30)34)15-22(23)24(31)28-16-19-7-10-21(11-8-19)36-14-13-18-5-3-2-4-6-18/h2-12,15H,13-14,16-17H2,1H3,(H,28,31)(H,29,32,34). The van der Waals surface area contributed by atoms with Crippen LogP contribution in [0.1, 0.15) is 27.0 Å². The largest absolute Gasteiger partial charge is 0.496 e. The van der Waals surface area contributed by atoms with Crippen molar-refractivity contribution in [3.05, 3.63) is 95.1 Å². The molecule has 9 nitrogen and oxygen atoms in total. The minimum atomic E-state index is -0.973. The fourth-order valence-corrected chi connectivity index (χ4v) is 3.70. The Morgan fingerprint density at radius 1 is 0.917 bits per heavy atom. The zero-order valence-corrected chi connectivity index (χ0v) is 19.7. The topological polar surface area (TPSA) is 114 Å². The van der Waals surface area contributed by atoms with Crippen LogP contribution in [-0.4, -0.2) is 42.4 Å². The number of benzene rings is 3. The van der Waals surface area contributed by atoms with E-state index < -0.39 is 17.8 Å². The molecule has 0 saturated carbocycles. The summed E-state index contributed by atoms with van der Waals surface area (Å²) >= 11 is 0. The van der Waals surface area contributed by atoms with Crippen molar-refractivity contribution in [3.8, 4) is 11.5 Å². The van der Waals surface area contributed by atoms with E-state index in [-0.39, 0.29) is 24.6 Å². The van der Waals surface area contributed by atoms with E-state index in [0.717, 1.165) is 22.6 Å². The Labute approximate surface area is 208 Å². The maximum atomic E-state index is 12.9. The normalized spacial score (nSPS) is 12.9. The number of methoxy groups -OCH3 is 1. The van der Waals surface area contributed by atoms with Gasteiger partial charge in [-0.3, -0.25) is 24.6 Å². The van der Waals surface area contributed by atoms with Gasteiger partial charge in [-0.25, -0.2) is 4.79 Å². The molecule has 0 bridgehead atoms. The zero-order chi connectivity index (χ0) is 25.5. The number of amides is 5. The first-order valence-corrected chi connectivity index (χ1v) is 11.3. The highest BCUT2D eigenvalue weighted by molar-refractivity contribution is 6.44. The van der Waals surface area contributed by atoms with Crippen LogP contribution in [0.2, 0.25) is 0 Å². The molecular formula is C27H25N3O6. The smallest absolute Gasteiger partial charge is 0.331 e. The average molecular weight is 488 g/mol. The molecule has 184 valence electrons.